The van der Waals surface area contributed by atoms with E-state index in [9.17, 15) is 4.79 Å². The van der Waals surface area contributed by atoms with Gasteiger partial charge in [-0.2, -0.15) is 0 Å². The van der Waals surface area contributed by atoms with Crippen molar-refractivity contribution in [2.75, 3.05) is 6.54 Å². The molecule has 0 spiro atoms. The predicted molar refractivity (Wildman–Crippen MR) is 67.0 cm³/mol. The zero-order valence-electron chi connectivity index (χ0n) is 9.90. The fourth-order valence-corrected chi connectivity index (χ4v) is 1.37. The molecule has 0 aliphatic heterocycles. The molecule has 5 nitrogen and oxygen atoms in total. The Bertz CT molecular complexity index is 244. The Morgan fingerprint density at radius 1 is 1.38 bits per heavy atom. The molecule has 0 unspecified atom stereocenters. The van der Waals surface area contributed by atoms with Crippen molar-refractivity contribution in [1.82, 2.24) is 5.32 Å². The molecule has 0 radical (unpaired) electrons. The number of amides is 1. The van der Waals surface area contributed by atoms with Gasteiger partial charge in [0, 0.05) is 23.4 Å². The van der Waals surface area contributed by atoms with Crippen molar-refractivity contribution in [3.05, 3.63) is 10.4 Å². The third-order valence-electron chi connectivity index (χ3n) is 1.92. The van der Waals surface area contributed by atoms with Crippen molar-refractivity contribution >= 4 is 5.91 Å². The number of nitrogens with zero attached hydrogens (tertiary/aromatic N) is 3. The first-order valence-corrected chi connectivity index (χ1v) is 5.28. The number of carbonyl (C=O) groups is 1. The molecule has 0 bridgehead atoms. The SMILES string of the molecule is C.CC(C)C[C@@H](CN=[N+]=[N-])C(=O)NC(C)C. The van der Waals surface area contributed by atoms with E-state index in [4.69, 9.17) is 5.53 Å². The molecule has 0 aliphatic carbocycles. The minimum Gasteiger partial charge on any atom is -0.354 e. The molecule has 0 rings (SSSR count). The molecule has 1 N–H and O–H groups in total. The zero-order chi connectivity index (χ0) is 11.8. The Labute approximate surface area is 98.2 Å². The van der Waals surface area contributed by atoms with Gasteiger partial charge in [0.25, 0.3) is 0 Å². The van der Waals surface area contributed by atoms with Crippen LogP contribution in [-0.2, 0) is 4.79 Å². The van der Waals surface area contributed by atoms with Crippen LogP contribution in [0.4, 0.5) is 0 Å². The van der Waals surface area contributed by atoms with Crippen LogP contribution in [0.25, 0.3) is 10.4 Å². The zero-order valence-corrected chi connectivity index (χ0v) is 9.90. The monoisotopic (exact) mass is 228 g/mol. The lowest BCUT2D eigenvalue weighted by atomic mass is 9.96. The van der Waals surface area contributed by atoms with Gasteiger partial charge in [0.1, 0.15) is 0 Å². The second kappa shape index (κ2) is 9.04. The molecular formula is C11H24N4O. The van der Waals surface area contributed by atoms with Gasteiger partial charge in [-0.05, 0) is 31.7 Å². The highest BCUT2D eigenvalue weighted by molar-refractivity contribution is 5.79. The number of azide groups is 1. The first-order chi connectivity index (χ1) is 6.97. The molecule has 5 heteroatoms. The van der Waals surface area contributed by atoms with Crippen molar-refractivity contribution in [2.45, 2.75) is 47.6 Å². The molecule has 0 saturated carbocycles. The lowest BCUT2D eigenvalue weighted by Gasteiger charge is -2.18. The molecule has 0 aromatic heterocycles. The van der Waals surface area contributed by atoms with Gasteiger partial charge in [0.2, 0.25) is 5.91 Å². The Balaban J connectivity index is 0. The number of nitrogens with one attached hydrogen (secondary N) is 1. The molecule has 0 aromatic carbocycles. The maximum atomic E-state index is 11.7. The molecule has 16 heavy (non-hydrogen) atoms. The molecule has 0 heterocycles. The average Bonchev–Trinajstić information content (AvgIpc) is 2.10. The Kier molecular flexibility index (Phi) is 9.71. The number of hydrogen-bond acceptors (Lipinski definition) is 2. The van der Waals surface area contributed by atoms with E-state index in [0.29, 0.717) is 5.92 Å². The van der Waals surface area contributed by atoms with Crippen LogP contribution in [-0.4, -0.2) is 18.5 Å². The van der Waals surface area contributed by atoms with Crippen LogP contribution < -0.4 is 5.32 Å². The van der Waals surface area contributed by atoms with Gasteiger partial charge < -0.3 is 5.32 Å². The molecule has 0 aromatic rings. The smallest absolute Gasteiger partial charge is 0.223 e. The van der Waals surface area contributed by atoms with Gasteiger partial charge in [-0.3, -0.25) is 4.79 Å². The molecule has 0 aliphatic rings. The number of rotatable bonds is 6. The molecule has 1 atom stereocenters. The molecule has 0 saturated heterocycles. The van der Waals surface area contributed by atoms with Crippen LogP contribution in [0.1, 0.15) is 41.5 Å². The largest absolute Gasteiger partial charge is 0.354 e. The quantitative estimate of drug-likeness (QED) is 0.423. The first-order valence-electron chi connectivity index (χ1n) is 5.28. The van der Waals surface area contributed by atoms with Crippen molar-refractivity contribution in [2.24, 2.45) is 17.0 Å². The fourth-order valence-electron chi connectivity index (χ4n) is 1.37. The van der Waals surface area contributed by atoms with E-state index in [1.807, 2.05) is 27.7 Å². The summed E-state index contributed by atoms with van der Waals surface area (Å²) in [6.45, 7) is 8.17. The summed E-state index contributed by atoms with van der Waals surface area (Å²) in [5.74, 6) is 0.191. The first kappa shape index (κ1) is 17.2. The minimum atomic E-state index is -0.205. The fraction of sp³-hybridized carbons (Fsp3) is 0.909. The lowest BCUT2D eigenvalue weighted by Crippen LogP contribution is -2.37. The summed E-state index contributed by atoms with van der Waals surface area (Å²) in [4.78, 5) is 14.4. The van der Waals surface area contributed by atoms with Gasteiger partial charge >= 0.3 is 0 Å². The summed E-state index contributed by atoms with van der Waals surface area (Å²) in [6, 6.07) is 0.123. The molecule has 94 valence electrons. The topological polar surface area (TPSA) is 77.9 Å². The second-order valence-corrected chi connectivity index (χ2v) is 4.40. The highest BCUT2D eigenvalue weighted by Crippen LogP contribution is 2.12. The van der Waals surface area contributed by atoms with E-state index in [0.717, 1.165) is 6.42 Å². The van der Waals surface area contributed by atoms with Gasteiger partial charge in [-0.25, -0.2) is 0 Å². The maximum absolute atomic E-state index is 11.7. The summed E-state index contributed by atoms with van der Waals surface area (Å²) in [6.07, 6.45) is 0.748. The van der Waals surface area contributed by atoms with E-state index >= 15 is 0 Å². The summed E-state index contributed by atoms with van der Waals surface area (Å²) in [7, 11) is 0. The number of carbonyl (C=O) groups excluding carboxylic acids is 1. The molecular weight excluding hydrogens is 204 g/mol. The second-order valence-electron chi connectivity index (χ2n) is 4.40. The highest BCUT2D eigenvalue weighted by atomic mass is 16.1. The van der Waals surface area contributed by atoms with Crippen LogP contribution in [0.5, 0.6) is 0 Å². The van der Waals surface area contributed by atoms with Crippen molar-refractivity contribution in [3.8, 4) is 0 Å². The van der Waals surface area contributed by atoms with Crippen LogP contribution in [0.2, 0.25) is 0 Å². The Hall–Kier alpha value is -1.22. The van der Waals surface area contributed by atoms with E-state index in [2.05, 4.69) is 15.3 Å². The van der Waals surface area contributed by atoms with Gasteiger partial charge in [0.15, 0.2) is 0 Å². The summed E-state index contributed by atoms with van der Waals surface area (Å²) in [5, 5.41) is 6.31. The van der Waals surface area contributed by atoms with E-state index in [-0.39, 0.29) is 31.8 Å². The molecule has 1 amide bonds. The maximum Gasteiger partial charge on any atom is 0.223 e. The standard InChI is InChI=1S/C10H20N4O.CH4/c1-7(2)5-9(6-12-14-11)10(15)13-8(3)4;/h7-9H,5-6H2,1-4H3,(H,13,15);1H4/t9-;/m0./s1. The third-order valence-corrected chi connectivity index (χ3v) is 1.92. The Morgan fingerprint density at radius 2 is 1.94 bits per heavy atom. The lowest BCUT2D eigenvalue weighted by molar-refractivity contribution is -0.125. The summed E-state index contributed by atoms with van der Waals surface area (Å²) < 4.78 is 0. The summed E-state index contributed by atoms with van der Waals surface area (Å²) >= 11 is 0. The van der Waals surface area contributed by atoms with Gasteiger partial charge in [-0.15, -0.1) is 0 Å². The van der Waals surface area contributed by atoms with Crippen LogP contribution >= 0.6 is 0 Å². The Morgan fingerprint density at radius 3 is 2.31 bits per heavy atom. The van der Waals surface area contributed by atoms with Crippen LogP contribution in [0.15, 0.2) is 5.11 Å². The van der Waals surface area contributed by atoms with Gasteiger partial charge in [-0.1, -0.05) is 26.4 Å². The number of hydrogen-bond donors (Lipinski definition) is 1. The van der Waals surface area contributed by atoms with Crippen molar-refractivity contribution in [1.29, 1.82) is 0 Å². The predicted octanol–water partition coefficient (Wildman–Crippen LogP) is 3.12. The summed E-state index contributed by atoms with van der Waals surface area (Å²) in [5.41, 5.74) is 8.24. The molecule has 0 fully saturated rings. The normalized spacial score (nSPS) is 11.6. The van der Waals surface area contributed by atoms with Crippen molar-refractivity contribution in [3.63, 3.8) is 0 Å². The minimum absolute atomic E-state index is 0. The van der Waals surface area contributed by atoms with Crippen LogP contribution in [0.3, 0.4) is 0 Å². The van der Waals surface area contributed by atoms with Crippen molar-refractivity contribution < 1.29 is 4.79 Å². The van der Waals surface area contributed by atoms with E-state index in [1.165, 1.54) is 0 Å². The highest BCUT2D eigenvalue weighted by Gasteiger charge is 2.19. The average molecular weight is 228 g/mol. The van der Waals surface area contributed by atoms with Gasteiger partial charge in [0.05, 0.1) is 0 Å². The third kappa shape index (κ3) is 8.12. The van der Waals surface area contributed by atoms with Crippen LogP contribution in [0, 0.1) is 11.8 Å². The van der Waals surface area contributed by atoms with E-state index in [1.54, 1.807) is 0 Å². The van der Waals surface area contributed by atoms with E-state index < -0.39 is 0 Å².